The van der Waals surface area contributed by atoms with Gasteiger partial charge in [-0.25, -0.2) is 4.79 Å². The van der Waals surface area contributed by atoms with Gasteiger partial charge in [-0.3, -0.25) is 9.69 Å². The Morgan fingerprint density at radius 3 is 2.36 bits per heavy atom. The standard InChI is InChI=1S/C17H16INO3/c1-3-22-17(21)13-5-4-6-16(11-13)19(12(2)20)15-9-7-14(18)8-10-15/h4-11H,3H2,1-2H3. The number of esters is 1. The zero-order chi connectivity index (χ0) is 16.1. The van der Waals surface area contributed by atoms with Crippen molar-refractivity contribution in [2.75, 3.05) is 11.5 Å². The quantitative estimate of drug-likeness (QED) is 0.563. The topological polar surface area (TPSA) is 46.6 Å². The van der Waals surface area contributed by atoms with Crippen LogP contribution in [0, 0.1) is 3.57 Å². The molecule has 0 N–H and O–H groups in total. The van der Waals surface area contributed by atoms with E-state index in [2.05, 4.69) is 22.6 Å². The van der Waals surface area contributed by atoms with E-state index in [-0.39, 0.29) is 5.91 Å². The summed E-state index contributed by atoms with van der Waals surface area (Å²) in [6.07, 6.45) is 0. The summed E-state index contributed by atoms with van der Waals surface area (Å²) >= 11 is 2.21. The Balaban J connectivity index is 2.41. The van der Waals surface area contributed by atoms with E-state index in [9.17, 15) is 9.59 Å². The molecule has 0 fully saturated rings. The fourth-order valence-corrected chi connectivity index (χ4v) is 2.45. The molecule has 4 nitrogen and oxygen atoms in total. The summed E-state index contributed by atoms with van der Waals surface area (Å²) in [4.78, 5) is 25.5. The highest BCUT2D eigenvalue weighted by molar-refractivity contribution is 14.1. The minimum absolute atomic E-state index is 0.123. The molecule has 0 bridgehead atoms. The number of benzene rings is 2. The Morgan fingerprint density at radius 1 is 1.09 bits per heavy atom. The Kier molecular flexibility index (Phi) is 5.54. The molecule has 0 atom stereocenters. The molecule has 5 heteroatoms. The van der Waals surface area contributed by atoms with E-state index in [0.29, 0.717) is 17.9 Å². The van der Waals surface area contributed by atoms with E-state index in [4.69, 9.17) is 4.74 Å². The molecule has 2 aromatic carbocycles. The average Bonchev–Trinajstić information content (AvgIpc) is 2.50. The van der Waals surface area contributed by atoms with Gasteiger partial charge in [0.1, 0.15) is 0 Å². The van der Waals surface area contributed by atoms with Crippen molar-refractivity contribution in [2.24, 2.45) is 0 Å². The maximum absolute atomic E-state index is 12.0. The lowest BCUT2D eigenvalue weighted by molar-refractivity contribution is -0.115. The summed E-state index contributed by atoms with van der Waals surface area (Å²) in [5.74, 6) is -0.516. The fourth-order valence-electron chi connectivity index (χ4n) is 2.09. The van der Waals surface area contributed by atoms with Gasteiger partial charge in [0.2, 0.25) is 5.91 Å². The van der Waals surface area contributed by atoms with Gasteiger partial charge in [0.05, 0.1) is 12.2 Å². The number of amides is 1. The van der Waals surface area contributed by atoms with Gasteiger partial charge >= 0.3 is 5.97 Å². The van der Waals surface area contributed by atoms with Crippen molar-refractivity contribution >= 4 is 45.8 Å². The number of anilines is 2. The number of hydrogen-bond donors (Lipinski definition) is 0. The third-order valence-corrected chi connectivity index (χ3v) is 3.73. The minimum atomic E-state index is -0.393. The molecule has 0 aliphatic carbocycles. The van der Waals surface area contributed by atoms with E-state index in [1.54, 1.807) is 36.1 Å². The predicted octanol–water partition coefficient (Wildman–Crippen LogP) is 4.15. The summed E-state index contributed by atoms with van der Waals surface area (Å²) in [5, 5.41) is 0. The SMILES string of the molecule is CCOC(=O)c1cccc(N(C(C)=O)c2ccc(I)cc2)c1. The van der Waals surface area contributed by atoms with Crippen molar-refractivity contribution in [2.45, 2.75) is 13.8 Å². The molecule has 2 aromatic rings. The molecule has 2 rings (SSSR count). The number of nitrogens with zero attached hydrogens (tertiary/aromatic N) is 1. The van der Waals surface area contributed by atoms with Gasteiger partial charge in [0.15, 0.2) is 0 Å². The first-order valence-corrected chi connectivity index (χ1v) is 7.94. The molecule has 0 aromatic heterocycles. The second-order valence-electron chi connectivity index (χ2n) is 4.60. The molecule has 0 aliphatic heterocycles. The zero-order valence-electron chi connectivity index (χ0n) is 12.4. The van der Waals surface area contributed by atoms with Crippen molar-refractivity contribution in [3.05, 3.63) is 57.7 Å². The van der Waals surface area contributed by atoms with Crippen LogP contribution in [0.1, 0.15) is 24.2 Å². The summed E-state index contributed by atoms with van der Waals surface area (Å²) in [6.45, 7) is 3.57. The van der Waals surface area contributed by atoms with Crippen LogP contribution >= 0.6 is 22.6 Å². The summed E-state index contributed by atoms with van der Waals surface area (Å²) in [5.41, 5.74) is 1.82. The second kappa shape index (κ2) is 7.40. The lowest BCUT2D eigenvalue weighted by atomic mass is 10.1. The lowest BCUT2D eigenvalue weighted by Gasteiger charge is -2.22. The Labute approximate surface area is 143 Å². The number of ether oxygens (including phenoxy) is 1. The monoisotopic (exact) mass is 409 g/mol. The van der Waals surface area contributed by atoms with E-state index in [0.717, 1.165) is 9.26 Å². The van der Waals surface area contributed by atoms with Gasteiger partial charge in [-0.15, -0.1) is 0 Å². The van der Waals surface area contributed by atoms with Crippen LogP contribution < -0.4 is 4.90 Å². The van der Waals surface area contributed by atoms with Crippen molar-refractivity contribution in [3.8, 4) is 0 Å². The van der Waals surface area contributed by atoms with E-state index in [1.165, 1.54) is 6.92 Å². The van der Waals surface area contributed by atoms with Crippen LogP contribution in [0.4, 0.5) is 11.4 Å². The van der Waals surface area contributed by atoms with Gasteiger partial charge in [-0.05, 0) is 72.0 Å². The molecular weight excluding hydrogens is 393 g/mol. The van der Waals surface area contributed by atoms with Crippen LogP contribution in [0.5, 0.6) is 0 Å². The van der Waals surface area contributed by atoms with Crippen LogP contribution in [0.2, 0.25) is 0 Å². The summed E-state index contributed by atoms with van der Waals surface area (Å²) < 4.78 is 6.09. The largest absolute Gasteiger partial charge is 0.462 e. The van der Waals surface area contributed by atoms with E-state index >= 15 is 0 Å². The van der Waals surface area contributed by atoms with Gasteiger partial charge in [-0.1, -0.05) is 6.07 Å². The van der Waals surface area contributed by atoms with Crippen molar-refractivity contribution < 1.29 is 14.3 Å². The van der Waals surface area contributed by atoms with Crippen LogP contribution in [-0.4, -0.2) is 18.5 Å². The molecule has 0 aliphatic rings. The molecule has 0 saturated carbocycles. The molecule has 0 saturated heterocycles. The molecule has 22 heavy (non-hydrogen) atoms. The maximum Gasteiger partial charge on any atom is 0.338 e. The molecule has 114 valence electrons. The molecule has 0 unspecified atom stereocenters. The van der Waals surface area contributed by atoms with Crippen LogP contribution in [0.25, 0.3) is 0 Å². The highest BCUT2D eigenvalue weighted by Gasteiger charge is 2.16. The van der Waals surface area contributed by atoms with Gasteiger partial charge in [-0.2, -0.15) is 0 Å². The average molecular weight is 409 g/mol. The van der Waals surface area contributed by atoms with Crippen molar-refractivity contribution in [3.63, 3.8) is 0 Å². The van der Waals surface area contributed by atoms with Crippen LogP contribution in [0.3, 0.4) is 0 Å². The zero-order valence-corrected chi connectivity index (χ0v) is 14.5. The summed E-state index contributed by atoms with van der Waals surface area (Å²) in [7, 11) is 0. The normalized spacial score (nSPS) is 10.1. The smallest absolute Gasteiger partial charge is 0.338 e. The molecular formula is C17H16INO3. The number of rotatable bonds is 4. The Morgan fingerprint density at radius 2 is 1.77 bits per heavy atom. The first-order valence-electron chi connectivity index (χ1n) is 6.86. The van der Waals surface area contributed by atoms with Crippen molar-refractivity contribution in [1.82, 2.24) is 0 Å². The first kappa shape index (κ1) is 16.5. The Hall–Kier alpha value is -1.89. The second-order valence-corrected chi connectivity index (χ2v) is 5.85. The number of hydrogen-bond acceptors (Lipinski definition) is 3. The third kappa shape index (κ3) is 3.85. The number of carbonyl (C=O) groups excluding carboxylic acids is 2. The first-order chi connectivity index (χ1) is 10.5. The predicted molar refractivity (Wildman–Crippen MR) is 94.4 cm³/mol. The highest BCUT2D eigenvalue weighted by atomic mass is 127. The fraction of sp³-hybridized carbons (Fsp3) is 0.176. The highest BCUT2D eigenvalue weighted by Crippen LogP contribution is 2.27. The lowest BCUT2D eigenvalue weighted by Crippen LogP contribution is -2.23. The van der Waals surface area contributed by atoms with Crippen molar-refractivity contribution in [1.29, 1.82) is 0 Å². The van der Waals surface area contributed by atoms with Gasteiger partial charge in [0, 0.05) is 21.9 Å². The molecule has 0 heterocycles. The third-order valence-electron chi connectivity index (χ3n) is 3.02. The number of carbonyl (C=O) groups is 2. The molecule has 1 amide bonds. The van der Waals surface area contributed by atoms with Crippen LogP contribution in [0.15, 0.2) is 48.5 Å². The van der Waals surface area contributed by atoms with E-state index < -0.39 is 5.97 Å². The van der Waals surface area contributed by atoms with Gasteiger partial charge < -0.3 is 4.74 Å². The molecule has 0 radical (unpaired) electrons. The maximum atomic E-state index is 12.0. The van der Waals surface area contributed by atoms with Gasteiger partial charge in [0.25, 0.3) is 0 Å². The number of halogens is 1. The van der Waals surface area contributed by atoms with Crippen LogP contribution in [-0.2, 0) is 9.53 Å². The summed E-state index contributed by atoms with van der Waals surface area (Å²) in [6, 6.07) is 14.5. The minimum Gasteiger partial charge on any atom is -0.462 e. The Bertz CT molecular complexity index is 683. The molecule has 0 spiro atoms. The van der Waals surface area contributed by atoms with E-state index in [1.807, 2.05) is 24.3 Å².